The number of anilines is 1. The summed E-state index contributed by atoms with van der Waals surface area (Å²) in [5.41, 5.74) is 5.75. The fraction of sp³-hybridized carbons (Fsp3) is 0.200. The summed E-state index contributed by atoms with van der Waals surface area (Å²) in [5, 5.41) is 2.92. The van der Waals surface area contributed by atoms with Gasteiger partial charge in [0, 0.05) is 11.8 Å². The second-order valence-corrected chi connectivity index (χ2v) is 4.62. The summed E-state index contributed by atoms with van der Waals surface area (Å²) >= 11 is 0. The summed E-state index contributed by atoms with van der Waals surface area (Å²) in [7, 11) is 0. The van der Waals surface area contributed by atoms with E-state index < -0.39 is 0 Å². The van der Waals surface area contributed by atoms with E-state index >= 15 is 0 Å². The van der Waals surface area contributed by atoms with Crippen LogP contribution >= 0.6 is 0 Å². The lowest BCUT2D eigenvalue weighted by atomic mass is 10.1. The topological polar surface area (TPSA) is 80.0 Å². The summed E-state index contributed by atoms with van der Waals surface area (Å²) in [6.07, 6.45) is 1.71. The first-order valence-corrected chi connectivity index (χ1v) is 6.41. The van der Waals surface area contributed by atoms with Crippen LogP contribution in [0.1, 0.15) is 34.6 Å². The van der Waals surface area contributed by atoms with E-state index in [1.165, 1.54) is 0 Å². The van der Waals surface area contributed by atoms with Crippen LogP contribution < -0.4 is 16.6 Å². The number of rotatable bonds is 4. The molecule has 0 aliphatic carbocycles. The van der Waals surface area contributed by atoms with Crippen LogP contribution in [0.5, 0.6) is 0 Å². The molecule has 0 spiro atoms. The molecule has 5 nitrogen and oxygen atoms in total. The molecule has 1 heterocycles. The van der Waals surface area contributed by atoms with Crippen LogP contribution in [0.3, 0.4) is 0 Å². The number of hydrogen-bond acceptors (Lipinski definition) is 4. The van der Waals surface area contributed by atoms with E-state index in [-0.39, 0.29) is 11.9 Å². The van der Waals surface area contributed by atoms with E-state index in [1.54, 1.807) is 24.4 Å². The molecule has 0 radical (unpaired) electrons. The van der Waals surface area contributed by atoms with Crippen molar-refractivity contribution in [3.05, 3.63) is 59.4 Å². The first kappa shape index (κ1) is 14.0. The number of hydrogen-bond donors (Lipinski definition) is 3. The van der Waals surface area contributed by atoms with Gasteiger partial charge in [-0.1, -0.05) is 6.07 Å². The molecule has 104 valence electrons. The van der Waals surface area contributed by atoms with Crippen LogP contribution in [0, 0.1) is 6.92 Å². The van der Waals surface area contributed by atoms with Crippen molar-refractivity contribution in [3.8, 4) is 0 Å². The minimum Gasteiger partial charge on any atom is -0.344 e. The maximum Gasteiger partial charge on any atom is 0.251 e. The van der Waals surface area contributed by atoms with Crippen molar-refractivity contribution < 1.29 is 4.79 Å². The number of nitrogens with one attached hydrogen (secondary N) is 2. The van der Waals surface area contributed by atoms with E-state index in [4.69, 9.17) is 5.84 Å². The SMILES string of the molecule is Cc1cc(C(=O)NC(C)c2ccccn2)ccc1NN. The van der Waals surface area contributed by atoms with Gasteiger partial charge in [0.1, 0.15) is 0 Å². The highest BCUT2D eigenvalue weighted by molar-refractivity contribution is 5.95. The molecule has 1 amide bonds. The normalized spacial score (nSPS) is 11.8. The highest BCUT2D eigenvalue weighted by Gasteiger charge is 2.12. The number of amides is 1. The van der Waals surface area contributed by atoms with E-state index in [2.05, 4.69) is 15.7 Å². The van der Waals surface area contributed by atoms with Gasteiger partial charge < -0.3 is 10.7 Å². The van der Waals surface area contributed by atoms with Crippen molar-refractivity contribution in [2.45, 2.75) is 19.9 Å². The molecule has 1 aromatic carbocycles. The van der Waals surface area contributed by atoms with E-state index in [0.29, 0.717) is 5.56 Å². The molecule has 1 aromatic heterocycles. The fourth-order valence-corrected chi connectivity index (χ4v) is 1.95. The molecule has 0 saturated heterocycles. The molecule has 2 rings (SSSR count). The summed E-state index contributed by atoms with van der Waals surface area (Å²) in [6.45, 7) is 3.80. The molecular formula is C15H18N4O. The average Bonchev–Trinajstić information content (AvgIpc) is 2.48. The Labute approximate surface area is 118 Å². The highest BCUT2D eigenvalue weighted by atomic mass is 16.1. The number of nitrogens with zero attached hydrogens (tertiary/aromatic N) is 1. The van der Waals surface area contributed by atoms with E-state index in [1.807, 2.05) is 32.0 Å². The van der Waals surface area contributed by atoms with Crippen molar-refractivity contribution in [1.29, 1.82) is 0 Å². The Bertz CT molecular complexity index is 598. The number of hydrazine groups is 1. The molecule has 2 aromatic rings. The quantitative estimate of drug-likeness (QED) is 0.587. The molecule has 0 saturated carbocycles. The number of carbonyl (C=O) groups is 1. The van der Waals surface area contributed by atoms with Gasteiger partial charge in [0.2, 0.25) is 0 Å². The highest BCUT2D eigenvalue weighted by Crippen LogP contribution is 2.16. The Morgan fingerprint density at radius 2 is 2.10 bits per heavy atom. The molecular weight excluding hydrogens is 252 g/mol. The third-order valence-electron chi connectivity index (χ3n) is 3.12. The third-order valence-corrected chi connectivity index (χ3v) is 3.12. The van der Waals surface area contributed by atoms with Crippen molar-refractivity contribution in [2.75, 3.05) is 5.43 Å². The van der Waals surface area contributed by atoms with Crippen molar-refractivity contribution >= 4 is 11.6 Å². The Hall–Kier alpha value is -2.40. The number of pyridine rings is 1. The second kappa shape index (κ2) is 6.16. The molecule has 20 heavy (non-hydrogen) atoms. The van der Waals surface area contributed by atoms with Crippen LogP contribution in [-0.2, 0) is 0 Å². The van der Waals surface area contributed by atoms with Crippen LogP contribution in [0.4, 0.5) is 5.69 Å². The van der Waals surface area contributed by atoms with E-state index in [9.17, 15) is 4.79 Å². The number of carbonyl (C=O) groups excluding carboxylic acids is 1. The zero-order valence-electron chi connectivity index (χ0n) is 11.6. The summed E-state index contributed by atoms with van der Waals surface area (Å²) in [5.74, 6) is 5.24. The lowest BCUT2D eigenvalue weighted by Gasteiger charge is -2.14. The molecule has 1 unspecified atom stereocenters. The van der Waals surface area contributed by atoms with Gasteiger partial charge in [0.15, 0.2) is 0 Å². The second-order valence-electron chi connectivity index (χ2n) is 4.62. The Morgan fingerprint density at radius 1 is 1.30 bits per heavy atom. The Kier molecular flexibility index (Phi) is 4.32. The minimum atomic E-state index is -0.142. The maximum atomic E-state index is 12.2. The number of nitrogens with two attached hydrogens (primary N) is 1. The molecule has 0 aliphatic heterocycles. The lowest BCUT2D eigenvalue weighted by Crippen LogP contribution is -2.27. The minimum absolute atomic E-state index is 0.130. The third kappa shape index (κ3) is 3.13. The smallest absolute Gasteiger partial charge is 0.251 e. The van der Waals surface area contributed by atoms with Gasteiger partial charge in [0.05, 0.1) is 17.4 Å². The summed E-state index contributed by atoms with van der Waals surface area (Å²) < 4.78 is 0. The largest absolute Gasteiger partial charge is 0.344 e. The zero-order valence-corrected chi connectivity index (χ0v) is 11.6. The Morgan fingerprint density at radius 3 is 2.70 bits per heavy atom. The number of aromatic nitrogens is 1. The number of benzene rings is 1. The molecule has 0 aliphatic rings. The van der Waals surface area contributed by atoms with Gasteiger partial charge in [-0.15, -0.1) is 0 Å². The van der Waals surface area contributed by atoms with Crippen LogP contribution in [0.15, 0.2) is 42.6 Å². The monoisotopic (exact) mass is 270 g/mol. The van der Waals surface area contributed by atoms with Gasteiger partial charge in [0.25, 0.3) is 5.91 Å². The van der Waals surface area contributed by atoms with Gasteiger partial charge in [-0.25, -0.2) is 0 Å². The first-order chi connectivity index (χ1) is 9.61. The molecule has 1 atom stereocenters. The molecule has 0 fully saturated rings. The van der Waals surface area contributed by atoms with Gasteiger partial charge >= 0.3 is 0 Å². The van der Waals surface area contributed by atoms with Gasteiger partial charge in [-0.3, -0.25) is 15.6 Å². The van der Waals surface area contributed by atoms with Crippen LogP contribution in [-0.4, -0.2) is 10.9 Å². The molecule has 0 bridgehead atoms. The van der Waals surface area contributed by atoms with Gasteiger partial charge in [-0.05, 0) is 49.7 Å². The lowest BCUT2D eigenvalue weighted by molar-refractivity contribution is 0.0939. The molecule has 5 heteroatoms. The standard InChI is InChI=1S/C15H18N4O/c1-10-9-12(6-7-13(10)19-16)15(20)18-11(2)14-5-3-4-8-17-14/h3-9,11,19H,16H2,1-2H3,(H,18,20). The maximum absolute atomic E-state index is 12.2. The zero-order chi connectivity index (χ0) is 14.5. The number of nitrogen functional groups attached to an aromatic ring is 1. The summed E-state index contributed by atoms with van der Waals surface area (Å²) in [6, 6.07) is 10.8. The van der Waals surface area contributed by atoms with Crippen LogP contribution in [0.25, 0.3) is 0 Å². The van der Waals surface area contributed by atoms with Crippen LogP contribution in [0.2, 0.25) is 0 Å². The number of aryl methyl sites for hydroxylation is 1. The fourth-order valence-electron chi connectivity index (χ4n) is 1.95. The molecule has 4 N–H and O–H groups in total. The Balaban J connectivity index is 2.10. The predicted octanol–water partition coefficient (Wildman–Crippen LogP) is 2.17. The van der Waals surface area contributed by atoms with Crippen molar-refractivity contribution in [2.24, 2.45) is 5.84 Å². The average molecular weight is 270 g/mol. The van der Waals surface area contributed by atoms with Gasteiger partial charge in [-0.2, -0.15) is 0 Å². The first-order valence-electron chi connectivity index (χ1n) is 6.41. The van der Waals surface area contributed by atoms with Crippen molar-refractivity contribution in [1.82, 2.24) is 10.3 Å². The van der Waals surface area contributed by atoms with Crippen molar-refractivity contribution in [3.63, 3.8) is 0 Å². The van der Waals surface area contributed by atoms with E-state index in [0.717, 1.165) is 16.9 Å². The summed E-state index contributed by atoms with van der Waals surface area (Å²) in [4.78, 5) is 16.4. The predicted molar refractivity (Wildman–Crippen MR) is 79.1 cm³/mol.